The van der Waals surface area contributed by atoms with Crippen LogP contribution in [0.25, 0.3) is 0 Å². The molecule has 0 bridgehead atoms. The van der Waals surface area contributed by atoms with Gasteiger partial charge < -0.3 is 19.9 Å². The summed E-state index contributed by atoms with van der Waals surface area (Å²) in [7, 11) is 1.73. The number of piperazine rings is 2. The van der Waals surface area contributed by atoms with Gasteiger partial charge in [-0.25, -0.2) is 0 Å². The largest absolute Gasteiger partial charge is 0.496 e. The van der Waals surface area contributed by atoms with Gasteiger partial charge in [-0.2, -0.15) is 0 Å². The maximum atomic E-state index is 12.3. The van der Waals surface area contributed by atoms with Crippen LogP contribution in [-0.2, 0) is 11.3 Å². The van der Waals surface area contributed by atoms with E-state index in [9.17, 15) is 4.79 Å². The number of rotatable bonds is 6. The highest BCUT2D eigenvalue weighted by Crippen LogP contribution is 2.20. The monoisotopic (exact) mass is 418 g/mol. The van der Waals surface area contributed by atoms with E-state index in [1.54, 1.807) is 7.11 Å². The fourth-order valence-electron chi connectivity index (χ4n) is 3.57. The van der Waals surface area contributed by atoms with Gasteiger partial charge in [0.15, 0.2) is 0 Å². The van der Waals surface area contributed by atoms with Crippen LogP contribution in [0.2, 0.25) is 0 Å². The van der Waals surface area contributed by atoms with Crippen LogP contribution < -0.4 is 10.1 Å². The normalized spacial score (nSPS) is 18.3. The molecule has 27 heavy (non-hydrogen) atoms. The third-order valence-corrected chi connectivity index (χ3v) is 5.16. The van der Waals surface area contributed by atoms with E-state index >= 15 is 0 Å². The first kappa shape index (κ1) is 24.0. The lowest BCUT2D eigenvalue weighted by atomic mass is 10.1. The quantitative estimate of drug-likeness (QED) is 0.757. The summed E-state index contributed by atoms with van der Waals surface area (Å²) < 4.78 is 5.45. The topological polar surface area (TPSA) is 48.1 Å². The first-order chi connectivity index (χ1) is 12.3. The van der Waals surface area contributed by atoms with Crippen molar-refractivity contribution < 1.29 is 9.53 Å². The number of carbonyl (C=O) groups excluding carboxylic acids is 1. The molecule has 1 N–H and O–H groups in total. The number of ether oxygens (including phenoxy) is 1. The molecule has 0 atom stereocenters. The van der Waals surface area contributed by atoms with Crippen molar-refractivity contribution in [1.29, 1.82) is 0 Å². The van der Waals surface area contributed by atoms with Crippen LogP contribution in [0.4, 0.5) is 0 Å². The summed E-state index contributed by atoms with van der Waals surface area (Å²) in [6, 6.07) is 8.23. The summed E-state index contributed by atoms with van der Waals surface area (Å²) in [5.74, 6) is 1.27. The molecule has 2 fully saturated rings. The van der Waals surface area contributed by atoms with Crippen LogP contribution in [0.5, 0.6) is 5.75 Å². The van der Waals surface area contributed by atoms with Crippen LogP contribution in [0, 0.1) is 0 Å². The lowest BCUT2D eigenvalue weighted by Crippen LogP contribution is -2.49. The Kier molecular flexibility index (Phi) is 11.0. The molecule has 0 aliphatic carbocycles. The van der Waals surface area contributed by atoms with E-state index in [4.69, 9.17) is 4.74 Å². The number of amides is 1. The van der Waals surface area contributed by atoms with E-state index in [1.165, 1.54) is 5.56 Å². The Hall–Kier alpha value is -1.05. The molecule has 0 aromatic heterocycles. The van der Waals surface area contributed by atoms with Gasteiger partial charge in [0.05, 0.1) is 7.11 Å². The summed E-state index contributed by atoms with van der Waals surface area (Å²) in [6.45, 7) is 9.51. The molecule has 0 radical (unpaired) electrons. The highest BCUT2D eigenvalue weighted by molar-refractivity contribution is 5.85. The number of carbonyl (C=O) groups is 1. The van der Waals surface area contributed by atoms with E-state index < -0.39 is 0 Å². The molecule has 2 saturated heterocycles. The van der Waals surface area contributed by atoms with Crippen LogP contribution in [0.3, 0.4) is 0 Å². The van der Waals surface area contributed by atoms with Gasteiger partial charge in [-0.15, -0.1) is 24.8 Å². The lowest BCUT2D eigenvalue weighted by Gasteiger charge is -2.35. The lowest BCUT2D eigenvalue weighted by molar-refractivity contribution is -0.132. The van der Waals surface area contributed by atoms with Gasteiger partial charge in [0.25, 0.3) is 0 Å². The van der Waals surface area contributed by atoms with Crippen molar-refractivity contribution in [2.24, 2.45) is 0 Å². The molecule has 1 aromatic carbocycles. The van der Waals surface area contributed by atoms with Gasteiger partial charge in [-0.05, 0) is 6.07 Å². The highest BCUT2D eigenvalue weighted by atomic mass is 35.5. The predicted molar refractivity (Wildman–Crippen MR) is 113 cm³/mol. The van der Waals surface area contributed by atoms with Crippen molar-refractivity contribution in [3.63, 3.8) is 0 Å². The predicted octanol–water partition coefficient (Wildman–Crippen LogP) is 1.48. The van der Waals surface area contributed by atoms with Gasteiger partial charge in [0.2, 0.25) is 5.91 Å². The zero-order chi connectivity index (χ0) is 17.5. The third-order valence-electron chi connectivity index (χ3n) is 5.16. The van der Waals surface area contributed by atoms with Crippen LogP contribution >= 0.6 is 24.8 Å². The number of benzene rings is 1. The summed E-state index contributed by atoms with van der Waals surface area (Å²) in [6.07, 6.45) is 0.645. The van der Waals surface area contributed by atoms with Gasteiger partial charge >= 0.3 is 0 Å². The molecule has 1 aromatic rings. The molecule has 0 saturated carbocycles. The Morgan fingerprint density at radius 2 is 1.63 bits per heavy atom. The third kappa shape index (κ3) is 7.12. The standard InChI is InChI=1S/C19H30N4O2.2ClH/c1-25-18-5-3-2-4-17(18)16-22-14-12-21(13-15-22)9-6-19(24)23-10-7-20-8-11-23;;/h2-5,20H,6-16H2,1H3;2*1H. The zero-order valence-corrected chi connectivity index (χ0v) is 17.7. The van der Waals surface area contributed by atoms with E-state index in [0.717, 1.165) is 71.2 Å². The molecule has 2 heterocycles. The van der Waals surface area contributed by atoms with Crippen LogP contribution in [-0.4, -0.2) is 86.6 Å². The Morgan fingerprint density at radius 1 is 1.00 bits per heavy atom. The van der Waals surface area contributed by atoms with Crippen molar-refractivity contribution in [2.45, 2.75) is 13.0 Å². The zero-order valence-electron chi connectivity index (χ0n) is 16.1. The molecular formula is C19H32Cl2N4O2. The van der Waals surface area contributed by atoms with Gasteiger partial charge in [0, 0.05) is 77.4 Å². The second-order valence-electron chi connectivity index (χ2n) is 6.81. The Bertz CT molecular complexity index is 562. The molecule has 0 unspecified atom stereocenters. The van der Waals surface area contributed by atoms with Gasteiger partial charge in [0.1, 0.15) is 5.75 Å². The van der Waals surface area contributed by atoms with Gasteiger partial charge in [-0.1, -0.05) is 18.2 Å². The Morgan fingerprint density at radius 3 is 2.30 bits per heavy atom. The van der Waals surface area contributed by atoms with Crippen LogP contribution in [0.1, 0.15) is 12.0 Å². The molecule has 154 valence electrons. The fraction of sp³-hybridized carbons (Fsp3) is 0.632. The van der Waals surface area contributed by atoms with Crippen LogP contribution in [0.15, 0.2) is 24.3 Å². The van der Waals surface area contributed by atoms with E-state index in [1.807, 2.05) is 17.0 Å². The smallest absolute Gasteiger partial charge is 0.223 e. The van der Waals surface area contributed by atoms with E-state index in [2.05, 4.69) is 27.2 Å². The van der Waals surface area contributed by atoms with E-state index in [-0.39, 0.29) is 24.8 Å². The summed E-state index contributed by atoms with van der Waals surface area (Å²) in [5, 5.41) is 3.29. The SMILES string of the molecule is COc1ccccc1CN1CCN(CCC(=O)N2CCNCC2)CC1.Cl.Cl. The average Bonchev–Trinajstić information content (AvgIpc) is 2.68. The van der Waals surface area contributed by atoms with Crippen molar-refractivity contribution in [1.82, 2.24) is 20.0 Å². The first-order valence-electron chi connectivity index (χ1n) is 9.31. The number of methoxy groups -OCH3 is 1. The molecule has 8 heteroatoms. The van der Waals surface area contributed by atoms with Crippen molar-refractivity contribution in [3.8, 4) is 5.75 Å². The minimum Gasteiger partial charge on any atom is -0.496 e. The van der Waals surface area contributed by atoms with E-state index in [0.29, 0.717) is 12.3 Å². The second kappa shape index (κ2) is 12.4. The minimum absolute atomic E-state index is 0. The van der Waals surface area contributed by atoms with Gasteiger partial charge in [-0.3, -0.25) is 9.69 Å². The highest BCUT2D eigenvalue weighted by Gasteiger charge is 2.20. The maximum absolute atomic E-state index is 12.3. The molecule has 3 rings (SSSR count). The number of para-hydroxylation sites is 1. The number of hydrogen-bond acceptors (Lipinski definition) is 5. The molecule has 1 amide bonds. The van der Waals surface area contributed by atoms with Crippen molar-refractivity contribution in [3.05, 3.63) is 29.8 Å². The number of hydrogen-bond donors (Lipinski definition) is 1. The summed E-state index contributed by atoms with van der Waals surface area (Å²) in [5.41, 5.74) is 1.24. The Labute approximate surface area is 175 Å². The molecule has 2 aliphatic heterocycles. The first-order valence-corrected chi connectivity index (χ1v) is 9.31. The second-order valence-corrected chi connectivity index (χ2v) is 6.81. The summed E-state index contributed by atoms with van der Waals surface area (Å²) >= 11 is 0. The van der Waals surface area contributed by atoms with Crippen molar-refractivity contribution >= 4 is 30.7 Å². The summed E-state index contributed by atoms with van der Waals surface area (Å²) in [4.78, 5) is 19.1. The maximum Gasteiger partial charge on any atom is 0.223 e. The average molecular weight is 419 g/mol. The number of nitrogens with one attached hydrogen (secondary N) is 1. The Balaban J connectivity index is 0.00000182. The molecular weight excluding hydrogens is 387 g/mol. The molecule has 6 nitrogen and oxygen atoms in total. The molecule has 0 spiro atoms. The van der Waals surface area contributed by atoms with Crippen molar-refractivity contribution in [2.75, 3.05) is 66.0 Å². The number of nitrogens with zero attached hydrogens (tertiary/aromatic N) is 3. The fourth-order valence-corrected chi connectivity index (χ4v) is 3.57. The molecule has 2 aliphatic rings. The number of halogens is 2. The minimum atomic E-state index is 0.